The summed E-state index contributed by atoms with van der Waals surface area (Å²) in [7, 11) is 0. The average Bonchev–Trinajstić information content (AvgIpc) is 2.27. The van der Waals surface area contributed by atoms with Gasteiger partial charge in [0.2, 0.25) is 0 Å². The first kappa shape index (κ1) is 12.7. The van der Waals surface area contributed by atoms with Gasteiger partial charge >= 0.3 is 0 Å². The standard InChI is InChI=1S/C16H19O2/c1-11(2)17-14-9-13-7-5-6-8-15(13)16(10-14)18-12(3)4/h5-9,11-12H,1-4H3. The second-order valence-corrected chi connectivity index (χ2v) is 4.88. The molecule has 0 aromatic heterocycles. The number of fused-ring (bicyclic) bond motifs is 1. The maximum atomic E-state index is 5.81. The lowest BCUT2D eigenvalue weighted by molar-refractivity contribution is 0.230. The molecule has 0 fully saturated rings. The zero-order valence-corrected chi connectivity index (χ0v) is 11.4. The van der Waals surface area contributed by atoms with Crippen LogP contribution in [-0.4, -0.2) is 12.2 Å². The van der Waals surface area contributed by atoms with Crippen molar-refractivity contribution in [1.29, 1.82) is 0 Å². The minimum Gasteiger partial charge on any atom is -0.490 e. The predicted molar refractivity (Wildman–Crippen MR) is 74.3 cm³/mol. The van der Waals surface area contributed by atoms with Crippen molar-refractivity contribution >= 4 is 10.8 Å². The van der Waals surface area contributed by atoms with E-state index in [0.29, 0.717) is 0 Å². The van der Waals surface area contributed by atoms with Gasteiger partial charge in [-0.15, -0.1) is 0 Å². The van der Waals surface area contributed by atoms with E-state index < -0.39 is 0 Å². The normalized spacial score (nSPS) is 11.2. The van der Waals surface area contributed by atoms with Crippen LogP contribution in [0.4, 0.5) is 0 Å². The highest BCUT2D eigenvalue weighted by atomic mass is 16.5. The first-order valence-electron chi connectivity index (χ1n) is 6.34. The van der Waals surface area contributed by atoms with E-state index in [1.165, 1.54) is 0 Å². The largest absolute Gasteiger partial charge is 0.490 e. The first-order chi connectivity index (χ1) is 8.56. The molecule has 0 heterocycles. The second-order valence-electron chi connectivity index (χ2n) is 4.88. The zero-order chi connectivity index (χ0) is 13.1. The van der Waals surface area contributed by atoms with E-state index in [1.54, 1.807) is 0 Å². The summed E-state index contributed by atoms with van der Waals surface area (Å²) >= 11 is 0. The third-order valence-electron chi connectivity index (χ3n) is 2.44. The summed E-state index contributed by atoms with van der Waals surface area (Å²) in [6.07, 6.45) is 0.258. The Kier molecular flexibility index (Phi) is 3.75. The number of hydrogen-bond acceptors (Lipinski definition) is 2. The molecule has 0 aliphatic carbocycles. The molecule has 0 amide bonds. The summed E-state index contributed by atoms with van der Waals surface area (Å²) in [5.74, 6) is 1.50. The molecule has 1 radical (unpaired) electrons. The summed E-state index contributed by atoms with van der Waals surface area (Å²) in [6, 6.07) is 13.3. The third kappa shape index (κ3) is 2.95. The van der Waals surface area contributed by atoms with Gasteiger partial charge in [-0.25, -0.2) is 0 Å². The average molecular weight is 243 g/mol. The van der Waals surface area contributed by atoms with Gasteiger partial charge in [0.1, 0.15) is 11.5 Å². The van der Waals surface area contributed by atoms with Gasteiger partial charge in [0.25, 0.3) is 0 Å². The molecular weight excluding hydrogens is 224 g/mol. The Morgan fingerprint density at radius 3 is 2.28 bits per heavy atom. The maximum absolute atomic E-state index is 5.81. The van der Waals surface area contributed by atoms with E-state index in [-0.39, 0.29) is 12.2 Å². The molecule has 0 aliphatic rings. The molecule has 0 spiro atoms. The van der Waals surface area contributed by atoms with Crippen LogP contribution in [0.25, 0.3) is 10.8 Å². The van der Waals surface area contributed by atoms with Gasteiger partial charge < -0.3 is 9.47 Å². The van der Waals surface area contributed by atoms with Crippen LogP contribution in [0.1, 0.15) is 27.7 Å². The van der Waals surface area contributed by atoms with Crippen molar-refractivity contribution in [2.75, 3.05) is 0 Å². The Bertz CT molecular complexity index is 530. The van der Waals surface area contributed by atoms with Crippen LogP contribution in [0.3, 0.4) is 0 Å². The molecular formula is C16H19O2. The first-order valence-corrected chi connectivity index (χ1v) is 6.34. The molecule has 2 heteroatoms. The van der Waals surface area contributed by atoms with E-state index in [2.05, 4.69) is 12.1 Å². The lowest BCUT2D eigenvalue weighted by atomic mass is 10.1. The molecule has 18 heavy (non-hydrogen) atoms. The number of hydrogen-bond donors (Lipinski definition) is 0. The fourth-order valence-electron chi connectivity index (χ4n) is 1.83. The molecule has 0 unspecified atom stereocenters. The van der Waals surface area contributed by atoms with Crippen LogP contribution in [0.2, 0.25) is 0 Å². The smallest absolute Gasteiger partial charge is 0.139 e. The summed E-state index contributed by atoms with van der Waals surface area (Å²) in [6.45, 7) is 8.04. The van der Waals surface area contributed by atoms with E-state index in [1.807, 2.05) is 52.0 Å². The van der Waals surface area contributed by atoms with Crippen molar-refractivity contribution in [3.63, 3.8) is 0 Å². The van der Waals surface area contributed by atoms with Crippen molar-refractivity contribution in [2.24, 2.45) is 0 Å². The molecule has 0 atom stereocenters. The second kappa shape index (κ2) is 5.30. The molecule has 0 saturated heterocycles. The molecule has 0 bridgehead atoms. The van der Waals surface area contributed by atoms with Crippen molar-refractivity contribution in [3.8, 4) is 11.5 Å². The van der Waals surface area contributed by atoms with Crippen molar-refractivity contribution in [1.82, 2.24) is 0 Å². The fraction of sp³-hybridized carbons (Fsp3) is 0.375. The summed E-state index contributed by atoms with van der Waals surface area (Å²) < 4.78 is 11.5. The zero-order valence-electron chi connectivity index (χ0n) is 11.4. The lowest BCUT2D eigenvalue weighted by Crippen LogP contribution is -2.08. The van der Waals surface area contributed by atoms with Gasteiger partial charge in [-0.2, -0.15) is 0 Å². The van der Waals surface area contributed by atoms with E-state index in [4.69, 9.17) is 9.47 Å². The Morgan fingerprint density at radius 1 is 0.944 bits per heavy atom. The monoisotopic (exact) mass is 243 g/mol. The highest BCUT2D eigenvalue weighted by Gasteiger charge is 2.09. The van der Waals surface area contributed by atoms with Crippen LogP contribution < -0.4 is 9.47 Å². The Balaban J connectivity index is 2.49. The van der Waals surface area contributed by atoms with E-state index in [0.717, 1.165) is 22.3 Å². The molecule has 2 rings (SSSR count). The molecule has 2 nitrogen and oxygen atoms in total. The SMILES string of the molecule is CC(C)Oc1[c]c(OC(C)C)c2ccccc2c1. The Hall–Kier alpha value is -1.70. The van der Waals surface area contributed by atoms with Gasteiger partial charge in [-0.3, -0.25) is 0 Å². The highest BCUT2D eigenvalue weighted by molar-refractivity contribution is 5.89. The quantitative estimate of drug-likeness (QED) is 0.800. The van der Waals surface area contributed by atoms with Gasteiger partial charge in [0, 0.05) is 5.39 Å². The Morgan fingerprint density at radius 2 is 1.61 bits per heavy atom. The third-order valence-corrected chi connectivity index (χ3v) is 2.44. The van der Waals surface area contributed by atoms with Crippen LogP contribution >= 0.6 is 0 Å². The van der Waals surface area contributed by atoms with Crippen LogP contribution in [-0.2, 0) is 0 Å². The van der Waals surface area contributed by atoms with Crippen LogP contribution in [0.15, 0.2) is 30.3 Å². The Labute approximate surface area is 109 Å². The summed E-state index contributed by atoms with van der Waals surface area (Å²) in [4.78, 5) is 0. The van der Waals surface area contributed by atoms with Gasteiger partial charge in [0.05, 0.1) is 18.3 Å². The number of rotatable bonds is 4. The minimum atomic E-state index is 0.124. The van der Waals surface area contributed by atoms with Gasteiger partial charge in [-0.05, 0) is 39.1 Å². The summed E-state index contributed by atoms with van der Waals surface area (Å²) in [5, 5.41) is 2.19. The maximum Gasteiger partial charge on any atom is 0.139 e. The molecule has 2 aromatic rings. The minimum absolute atomic E-state index is 0.124. The van der Waals surface area contributed by atoms with E-state index in [9.17, 15) is 0 Å². The number of benzene rings is 2. The molecule has 0 aliphatic heterocycles. The topological polar surface area (TPSA) is 18.5 Å². The van der Waals surface area contributed by atoms with Crippen LogP contribution in [0, 0.1) is 6.07 Å². The summed E-state index contributed by atoms with van der Waals surface area (Å²) in [5.41, 5.74) is 0. The molecule has 0 N–H and O–H groups in total. The van der Waals surface area contributed by atoms with Crippen molar-refractivity contribution in [2.45, 2.75) is 39.9 Å². The van der Waals surface area contributed by atoms with Gasteiger partial charge in [0.15, 0.2) is 0 Å². The molecule has 0 saturated carbocycles. The number of ether oxygens (including phenoxy) is 2. The van der Waals surface area contributed by atoms with Crippen LogP contribution in [0.5, 0.6) is 11.5 Å². The van der Waals surface area contributed by atoms with E-state index >= 15 is 0 Å². The van der Waals surface area contributed by atoms with Crippen molar-refractivity contribution in [3.05, 3.63) is 36.4 Å². The molecule has 95 valence electrons. The molecule has 2 aromatic carbocycles. The van der Waals surface area contributed by atoms with Gasteiger partial charge in [-0.1, -0.05) is 24.3 Å². The highest BCUT2D eigenvalue weighted by Crippen LogP contribution is 2.31. The lowest BCUT2D eigenvalue weighted by Gasteiger charge is -2.15. The predicted octanol–water partition coefficient (Wildman–Crippen LogP) is 4.21. The van der Waals surface area contributed by atoms with Crippen molar-refractivity contribution < 1.29 is 9.47 Å². The fourth-order valence-corrected chi connectivity index (χ4v) is 1.83.